The van der Waals surface area contributed by atoms with Crippen molar-refractivity contribution in [3.05, 3.63) is 59.7 Å². The first-order valence-electron chi connectivity index (χ1n) is 9.38. The minimum Gasteiger partial charge on any atom is -0.497 e. The Hall–Kier alpha value is -2.49. The molecule has 3 rings (SSSR count). The zero-order valence-corrected chi connectivity index (χ0v) is 15.9. The third-order valence-electron chi connectivity index (χ3n) is 5.05. The van der Waals surface area contributed by atoms with Crippen molar-refractivity contribution >= 4 is 11.7 Å². The van der Waals surface area contributed by atoms with Crippen LogP contribution in [0.15, 0.2) is 48.5 Å². The van der Waals surface area contributed by atoms with Gasteiger partial charge >= 0.3 is 6.03 Å². The van der Waals surface area contributed by atoms with E-state index in [1.165, 1.54) is 24.0 Å². The third-order valence-corrected chi connectivity index (χ3v) is 5.05. The number of carbonyl (C=O) groups excluding carboxylic acids is 1. The first-order chi connectivity index (χ1) is 12.6. The summed E-state index contributed by atoms with van der Waals surface area (Å²) >= 11 is 0. The van der Waals surface area contributed by atoms with Gasteiger partial charge in [-0.25, -0.2) is 4.79 Å². The van der Waals surface area contributed by atoms with E-state index < -0.39 is 0 Å². The van der Waals surface area contributed by atoms with Crippen molar-refractivity contribution in [2.45, 2.75) is 39.2 Å². The second kappa shape index (κ2) is 8.26. The Labute approximate surface area is 156 Å². The summed E-state index contributed by atoms with van der Waals surface area (Å²) < 4.78 is 5.24. The highest BCUT2D eigenvalue weighted by atomic mass is 16.5. The van der Waals surface area contributed by atoms with Crippen molar-refractivity contribution in [1.29, 1.82) is 0 Å². The summed E-state index contributed by atoms with van der Waals surface area (Å²) in [6.45, 7) is 4.85. The Balaban J connectivity index is 1.73. The van der Waals surface area contributed by atoms with E-state index in [0.717, 1.165) is 17.9 Å². The number of hydrogen-bond donors (Lipinski definition) is 1. The number of anilines is 1. The maximum atomic E-state index is 12.9. The summed E-state index contributed by atoms with van der Waals surface area (Å²) in [6.07, 6.45) is 3.32. The van der Waals surface area contributed by atoms with E-state index in [9.17, 15) is 4.79 Å². The Morgan fingerprint density at radius 2 is 1.96 bits per heavy atom. The van der Waals surface area contributed by atoms with Crippen LogP contribution >= 0.6 is 0 Å². The van der Waals surface area contributed by atoms with E-state index in [2.05, 4.69) is 43.4 Å². The average molecular weight is 352 g/mol. The molecule has 138 valence electrons. The fraction of sp³-hybridized carbons (Fsp3) is 0.409. The molecule has 0 saturated heterocycles. The van der Waals surface area contributed by atoms with Gasteiger partial charge < -0.3 is 15.0 Å². The van der Waals surface area contributed by atoms with Gasteiger partial charge in [0.05, 0.1) is 7.11 Å². The number of aryl methyl sites for hydroxylation is 1. The molecule has 0 unspecified atom stereocenters. The zero-order chi connectivity index (χ0) is 18.5. The van der Waals surface area contributed by atoms with Gasteiger partial charge in [-0.1, -0.05) is 35.9 Å². The molecule has 1 fully saturated rings. The lowest BCUT2D eigenvalue weighted by atomic mass is 10.00. The van der Waals surface area contributed by atoms with Gasteiger partial charge in [0, 0.05) is 24.3 Å². The van der Waals surface area contributed by atoms with Gasteiger partial charge in [-0.15, -0.1) is 0 Å². The first-order valence-corrected chi connectivity index (χ1v) is 9.38. The van der Waals surface area contributed by atoms with Crippen LogP contribution in [0.1, 0.15) is 30.9 Å². The highest BCUT2D eigenvalue weighted by molar-refractivity contribution is 5.89. The maximum absolute atomic E-state index is 12.9. The molecule has 0 aromatic heterocycles. The summed E-state index contributed by atoms with van der Waals surface area (Å²) in [5, 5.41) is 3.03. The molecule has 4 nitrogen and oxygen atoms in total. The molecule has 2 aromatic rings. The van der Waals surface area contributed by atoms with Crippen LogP contribution in [0.3, 0.4) is 0 Å². The Kier molecular flexibility index (Phi) is 5.82. The molecular weight excluding hydrogens is 324 g/mol. The largest absolute Gasteiger partial charge is 0.497 e. The SMILES string of the molecule is CCN(C(=O)Nc1cccc(OC)c1)[C@@H](Cc1ccc(C)cc1)C1CC1. The number of nitrogens with zero attached hydrogens (tertiary/aromatic N) is 1. The number of ether oxygens (including phenoxy) is 1. The maximum Gasteiger partial charge on any atom is 0.322 e. The highest BCUT2D eigenvalue weighted by Crippen LogP contribution is 2.37. The molecule has 2 amide bonds. The number of rotatable bonds is 7. The molecule has 0 heterocycles. The van der Waals surface area contributed by atoms with E-state index in [-0.39, 0.29) is 12.1 Å². The predicted octanol–water partition coefficient (Wildman–Crippen LogP) is 4.88. The van der Waals surface area contributed by atoms with E-state index >= 15 is 0 Å². The molecule has 1 N–H and O–H groups in total. The van der Waals surface area contributed by atoms with Gasteiger partial charge in [0.15, 0.2) is 0 Å². The second-order valence-corrected chi connectivity index (χ2v) is 7.04. The molecule has 4 heteroatoms. The van der Waals surface area contributed by atoms with Crippen molar-refractivity contribution in [3.8, 4) is 5.75 Å². The molecule has 0 bridgehead atoms. The first kappa shape index (κ1) is 18.3. The van der Waals surface area contributed by atoms with Crippen LogP contribution in [0.4, 0.5) is 10.5 Å². The smallest absolute Gasteiger partial charge is 0.322 e. The number of urea groups is 1. The normalized spacial score (nSPS) is 14.6. The quantitative estimate of drug-likeness (QED) is 0.772. The molecule has 1 aliphatic carbocycles. The lowest BCUT2D eigenvalue weighted by Gasteiger charge is -2.31. The molecule has 0 spiro atoms. The van der Waals surface area contributed by atoms with Gasteiger partial charge in [-0.3, -0.25) is 0 Å². The number of benzene rings is 2. The molecule has 1 aliphatic rings. The minimum atomic E-state index is -0.0373. The Bertz CT molecular complexity index is 738. The van der Waals surface area contributed by atoms with E-state index in [0.29, 0.717) is 12.5 Å². The number of methoxy groups -OCH3 is 1. The summed E-state index contributed by atoms with van der Waals surface area (Å²) in [6, 6.07) is 16.3. The molecule has 1 atom stereocenters. The lowest BCUT2D eigenvalue weighted by Crippen LogP contribution is -2.45. The Morgan fingerprint density at radius 3 is 2.58 bits per heavy atom. The molecule has 0 aliphatic heterocycles. The molecular formula is C22H28N2O2. The van der Waals surface area contributed by atoms with Crippen molar-refractivity contribution in [3.63, 3.8) is 0 Å². The molecule has 1 saturated carbocycles. The molecule has 26 heavy (non-hydrogen) atoms. The monoisotopic (exact) mass is 352 g/mol. The van der Waals surface area contributed by atoms with Gasteiger partial charge in [0.25, 0.3) is 0 Å². The molecule has 2 aromatic carbocycles. The number of likely N-dealkylation sites (N-methyl/N-ethyl adjacent to an activating group) is 1. The van der Waals surface area contributed by atoms with Gasteiger partial charge in [0.1, 0.15) is 5.75 Å². The van der Waals surface area contributed by atoms with Crippen LogP contribution in [0, 0.1) is 12.8 Å². The second-order valence-electron chi connectivity index (χ2n) is 7.04. The average Bonchev–Trinajstić information content (AvgIpc) is 3.48. The molecule has 0 radical (unpaired) electrons. The highest BCUT2D eigenvalue weighted by Gasteiger charge is 2.36. The Morgan fingerprint density at radius 1 is 1.23 bits per heavy atom. The fourth-order valence-electron chi connectivity index (χ4n) is 3.40. The van der Waals surface area contributed by atoms with Crippen LogP contribution in [0.25, 0.3) is 0 Å². The summed E-state index contributed by atoms with van der Waals surface area (Å²) in [4.78, 5) is 14.9. The number of amides is 2. The van der Waals surface area contributed by atoms with E-state index in [1.807, 2.05) is 29.2 Å². The third kappa shape index (κ3) is 4.57. The summed E-state index contributed by atoms with van der Waals surface area (Å²) in [7, 11) is 1.63. The van der Waals surface area contributed by atoms with Crippen molar-refractivity contribution in [1.82, 2.24) is 4.90 Å². The summed E-state index contributed by atoms with van der Waals surface area (Å²) in [5.74, 6) is 1.34. The van der Waals surface area contributed by atoms with E-state index in [1.54, 1.807) is 7.11 Å². The topological polar surface area (TPSA) is 41.6 Å². The van der Waals surface area contributed by atoms with E-state index in [4.69, 9.17) is 4.74 Å². The van der Waals surface area contributed by atoms with Gasteiger partial charge in [0.2, 0.25) is 0 Å². The number of nitrogens with one attached hydrogen (secondary N) is 1. The van der Waals surface area contributed by atoms with Gasteiger partial charge in [-0.2, -0.15) is 0 Å². The van der Waals surface area contributed by atoms with Crippen LogP contribution < -0.4 is 10.1 Å². The fourth-order valence-corrected chi connectivity index (χ4v) is 3.40. The zero-order valence-electron chi connectivity index (χ0n) is 15.9. The van der Waals surface area contributed by atoms with Crippen molar-refractivity contribution in [2.75, 3.05) is 19.0 Å². The van der Waals surface area contributed by atoms with Crippen molar-refractivity contribution in [2.24, 2.45) is 5.92 Å². The van der Waals surface area contributed by atoms with Crippen molar-refractivity contribution < 1.29 is 9.53 Å². The lowest BCUT2D eigenvalue weighted by molar-refractivity contribution is 0.182. The minimum absolute atomic E-state index is 0.0373. The van der Waals surface area contributed by atoms with Crippen LogP contribution in [-0.4, -0.2) is 30.6 Å². The predicted molar refractivity (Wildman–Crippen MR) is 106 cm³/mol. The van der Waals surface area contributed by atoms with Crippen LogP contribution in [0.2, 0.25) is 0 Å². The number of carbonyl (C=O) groups is 1. The van der Waals surface area contributed by atoms with Crippen LogP contribution in [-0.2, 0) is 6.42 Å². The summed E-state index contributed by atoms with van der Waals surface area (Å²) in [5.41, 5.74) is 3.32. The number of hydrogen-bond acceptors (Lipinski definition) is 2. The standard InChI is InChI=1S/C22H28N2O2/c1-4-24(22(25)23-19-6-5-7-20(15-19)26-3)21(18-12-13-18)14-17-10-8-16(2)9-11-17/h5-11,15,18,21H,4,12-14H2,1-3H3,(H,23,25)/t21-/m0/s1. The van der Waals surface area contributed by atoms with Gasteiger partial charge in [-0.05, 0) is 56.7 Å². The van der Waals surface area contributed by atoms with Crippen LogP contribution in [0.5, 0.6) is 5.75 Å².